The van der Waals surface area contributed by atoms with Gasteiger partial charge < -0.3 is 10.1 Å². The number of rotatable bonds is 5. The summed E-state index contributed by atoms with van der Waals surface area (Å²) in [4.78, 5) is 16.2. The van der Waals surface area contributed by atoms with Gasteiger partial charge in [0.1, 0.15) is 5.75 Å². The highest BCUT2D eigenvalue weighted by atomic mass is 35.5. The standard InChI is InChI=1S/C17H13ClN2O2S/c18-15-4-2-1-3-14(15)16(21)20-11-12-5-7-13(8-6-12)22-17-19-9-10-23-17/h1-10H,11H2,(H,20,21). The number of thiazole rings is 1. The van der Waals surface area contributed by atoms with E-state index in [-0.39, 0.29) is 5.91 Å². The highest BCUT2D eigenvalue weighted by Crippen LogP contribution is 2.23. The summed E-state index contributed by atoms with van der Waals surface area (Å²) in [5.41, 5.74) is 1.44. The van der Waals surface area contributed by atoms with Gasteiger partial charge in [0.25, 0.3) is 11.1 Å². The van der Waals surface area contributed by atoms with E-state index in [9.17, 15) is 4.79 Å². The molecule has 0 aliphatic carbocycles. The monoisotopic (exact) mass is 344 g/mol. The lowest BCUT2D eigenvalue weighted by Crippen LogP contribution is -2.23. The first kappa shape index (κ1) is 15.5. The number of hydrogen-bond donors (Lipinski definition) is 1. The van der Waals surface area contributed by atoms with Crippen LogP contribution in [0.3, 0.4) is 0 Å². The maximum atomic E-state index is 12.1. The molecule has 0 aliphatic heterocycles. The molecule has 0 atom stereocenters. The van der Waals surface area contributed by atoms with Crippen molar-refractivity contribution in [3.05, 3.63) is 76.3 Å². The Labute approximate surface area is 142 Å². The Morgan fingerprint density at radius 3 is 2.65 bits per heavy atom. The van der Waals surface area contributed by atoms with Gasteiger partial charge in [-0.3, -0.25) is 4.79 Å². The van der Waals surface area contributed by atoms with Crippen LogP contribution < -0.4 is 10.1 Å². The molecule has 3 rings (SSSR count). The van der Waals surface area contributed by atoms with Crippen molar-refractivity contribution in [2.24, 2.45) is 0 Å². The molecule has 23 heavy (non-hydrogen) atoms. The number of nitrogens with one attached hydrogen (secondary N) is 1. The quantitative estimate of drug-likeness (QED) is 0.740. The van der Waals surface area contributed by atoms with Gasteiger partial charge in [0.05, 0.1) is 10.6 Å². The Bertz CT molecular complexity index is 789. The Morgan fingerprint density at radius 2 is 1.96 bits per heavy atom. The van der Waals surface area contributed by atoms with E-state index in [0.717, 1.165) is 5.56 Å². The maximum absolute atomic E-state index is 12.1. The molecule has 6 heteroatoms. The van der Waals surface area contributed by atoms with Crippen LogP contribution in [0.1, 0.15) is 15.9 Å². The van der Waals surface area contributed by atoms with E-state index in [1.165, 1.54) is 11.3 Å². The number of carbonyl (C=O) groups excluding carboxylic acids is 1. The van der Waals surface area contributed by atoms with Crippen LogP contribution in [0.5, 0.6) is 10.9 Å². The SMILES string of the molecule is O=C(NCc1ccc(Oc2nccs2)cc1)c1ccccc1Cl. The lowest BCUT2D eigenvalue weighted by molar-refractivity contribution is 0.0951. The van der Waals surface area contributed by atoms with Gasteiger partial charge in [0, 0.05) is 18.1 Å². The molecule has 0 saturated carbocycles. The summed E-state index contributed by atoms with van der Waals surface area (Å²) in [7, 11) is 0. The van der Waals surface area contributed by atoms with Gasteiger partial charge in [-0.2, -0.15) is 0 Å². The second-order valence-electron chi connectivity index (χ2n) is 4.71. The fourth-order valence-corrected chi connectivity index (χ4v) is 2.69. The topological polar surface area (TPSA) is 51.2 Å². The summed E-state index contributed by atoms with van der Waals surface area (Å²) in [6.07, 6.45) is 1.69. The Balaban J connectivity index is 1.58. The van der Waals surface area contributed by atoms with Crippen molar-refractivity contribution in [1.29, 1.82) is 0 Å². The highest BCUT2D eigenvalue weighted by molar-refractivity contribution is 7.11. The number of carbonyl (C=O) groups is 1. The van der Waals surface area contributed by atoms with Gasteiger partial charge in [-0.05, 0) is 29.8 Å². The van der Waals surface area contributed by atoms with Crippen molar-refractivity contribution in [3.8, 4) is 10.9 Å². The normalized spacial score (nSPS) is 10.3. The van der Waals surface area contributed by atoms with Gasteiger partial charge in [0.2, 0.25) is 0 Å². The molecule has 0 unspecified atom stereocenters. The van der Waals surface area contributed by atoms with Gasteiger partial charge in [-0.15, -0.1) is 0 Å². The van der Waals surface area contributed by atoms with Crippen molar-refractivity contribution in [2.45, 2.75) is 6.54 Å². The number of nitrogens with zero attached hydrogens (tertiary/aromatic N) is 1. The summed E-state index contributed by atoms with van der Waals surface area (Å²) in [5.74, 6) is 0.514. The molecule has 2 aromatic carbocycles. The van der Waals surface area contributed by atoms with E-state index < -0.39 is 0 Å². The van der Waals surface area contributed by atoms with E-state index in [2.05, 4.69) is 10.3 Å². The number of aromatic nitrogens is 1. The predicted octanol–water partition coefficient (Wildman–Crippen LogP) is 4.52. The molecule has 1 heterocycles. The lowest BCUT2D eigenvalue weighted by atomic mass is 10.2. The average Bonchev–Trinajstić information content (AvgIpc) is 3.07. The Hall–Kier alpha value is -2.37. The molecular formula is C17H13ClN2O2S. The van der Waals surface area contributed by atoms with Gasteiger partial charge >= 0.3 is 0 Å². The fraction of sp³-hybridized carbons (Fsp3) is 0.0588. The zero-order valence-electron chi connectivity index (χ0n) is 12.0. The third kappa shape index (κ3) is 4.09. The number of hydrogen-bond acceptors (Lipinski definition) is 4. The summed E-state index contributed by atoms with van der Waals surface area (Å²) in [6, 6.07) is 14.5. The number of halogens is 1. The molecule has 0 radical (unpaired) electrons. The minimum atomic E-state index is -0.196. The third-order valence-corrected chi connectivity index (χ3v) is 4.09. The van der Waals surface area contributed by atoms with Gasteiger partial charge in [0.15, 0.2) is 0 Å². The zero-order chi connectivity index (χ0) is 16.1. The minimum Gasteiger partial charge on any atom is -0.431 e. The number of benzene rings is 2. The second kappa shape index (κ2) is 7.26. The molecule has 4 nitrogen and oxygen atoms in total. The van der Waals surface area contributed by atoms with Crippen LogP contribution in [0, 0.1) is 0 Å². The van der Waals surface area contributed by atoms with E-state index in [4.69, 9.17) is 16.3 Å². The molecule has 0 fully saturated rings. The van der Waals surface area contributed by atoms with Crippen LogP contribution >= 0.6 is 22.9 Å². The molecule has 0 aliphatic rings. The number of ether oxygens (including phenoxy) is 1. The average molecular weight is 345 g/mol. The first-order chi connectivity index (χ1) is 11.2. The van der Waals surface area contributed by atoms with Crippen LogP contribution in [0.25, 0.3) is 0 Å². The Kier molecular flexibility index (Phi) is 4.90. The van der Waals surface area contributed by atoms with Crippen LogP contribution in [-0.4, -0.2) is 10.9 Å². The summed E-state index contributed by atoms with van der Waals surface area (Å²) in [6.45, 7) is 0.418. The van der Waals surface area contributed by atoms with E-state index >= 15 is 0 Å². The van der Waals surface area contributed by atoms with Crippen LogP contribution in [0.15, 0.2) is 60.1 Å². The summed E-state index contributed by atoms with van der Waals surface area (Å²) >= 11 is 7.44. The van der Waals surface area contributed by atoms with Crippen LogP contribution in [-0.2, 0) is 6.54 Å². The summed E-state index contributed by atoms with van der Waals surface area (Å²) < 4.78 is 5.59. The first-order valence-electron chi connectivity index (χ1n) is 6.91. The Morgan fingerprint density at radius 1 is 1.17 bits per heavy atom. The first-order valence-corrected chi connectivity index (χ1v) is 8.17. The molecule has 1 aromatic heterocycles. The second-order valence-corrected chi connectivity index (χ2v) is 5.97. The molecule has 1 N–H and O–H groups in total. The van der Waals surface area contributed by atoms with E-state index in [1.807, 2.05) is 29.6 Å². The predicted molar refractivity (Wildman–Crippen MR) is 91.3 cm³/mol. The van der Waals surface area contributed by atoms with E-state index in [0.29, 0.717) is 28.1 Å². The minimum absolute atomic E-state index is 0.196. The molecule has 0 saturated heterocycles. The fourth-order valence-electron chi connectivity index (χ4n) is 1.96. The third-order valence-electron chi connectivity index (χ3n) is 3.11. The number of amides is 1. The molecule has 0 spiro atoms. The van der Waals surface area contributed by atoms with Crippen LogP contribution in [0.4, 0.5) is 0 Å². The van der Waals surface area contributed by atoms with Crippen molar-refractivity contribution in [1.82, 2.24) is 10.3 Å². The van der Waals surface area contributed by atoms with Crippen LogP contribution in [0.2, 0.25) is 5.02 Å². The molecule has 1 amide bonds. The van der Waals surface area contributed by atoms with E-state index in [1.54, 1.807) is 30.5 Å². The van der Waals surface area contributed by atoms with Crippen molar-refractivity contribution >= 4 is 28.8 Å². The van der Waals surface area contributed by atoms with Gasteiger partial charge in [-0.25, -0.2) is 4.98 Å². The smallest absolute Gasteiger partial charge is 0.278 e. The largest absolute Gasteiger partial charge is 0.431 e. The van der Waals surface area contributed by atoms with Crippen molar-refractivity contribution in [3.63, 3.8) is 0 Å². The lowest BCUT2D eigenvalue weighted by Gasteiger charge is -2.07. The molecule has 116 valence electrons. The summed E-state index contributed by atoms with van der Waals surface area (Å²) in [5, 5.41) is 5.75. The van der Waals surface area contributed by atoms with Gasteiger partial charge in [-0.1, -0.05) is 47.2 Å². The zero-order valence-corrected chi connectivity index (χ0v) is 13.6. The molecule has 0 bridgehead atoms. The van der Waals surface area contributed by atoms with Crippen molar-refractivity contribution < 1.29 is 9.53 Å². The highest BCUT2D eigenvalue weighted by Gasteiger charge is 2.09. The molecular weight excluding hydrogens is 332 g/mol. The molecule has 3 aromatic rings. The maximum Gasteiger partial charge on any atom is 0.278 e. The van der Waals surface area contributed by atoms with Crippen molar-refractivity contribution in [2.75, 3.05) is 0 Å².